The smallest absolute Gasteiger partial charge is 0.338 e. The second kappa shape index (κ2) is 8.99. The SMILES string of the molecule is C#CCNC(=O)COC(=O)c1ccc(S(=O)(=O)N2CC(C)OC(C)C2)cc1. The Morgan fingerprint density at radius 3 is 2.41 bits per heavy atom. The lowest BCUT2D eigenvalue weighted by atomic mass is 10.2. The highest BCUT2D eigenvalue weighted by molar-refractivity contribution is 7.89. The van der Waals surface area contributed by atoms with Gasteiger partial charge in [0.05, 0.1) is 29.2 Å². The number of amides is 1. The monoisotopic (exact) mass is 394 g/mol. The minimum Gasteiger partial charge on any atom is -0.452 e. The summed E-state index contributed by atoms with van der Waals surface area (Å²) in [5, 5.41) is 2.36. The van der Waals surface area contributed by atoms with Gasteiger partial charge >= 0.3 is 5.97 Å². The Balaban J connectivity index is 2.02. The standard InChI is InChI=1S/C18H22N2O6S/c1-4-9-19-17(21)12-25-18(22)15-5-7-16(8-6-15)27(23,24)20-10-13(2)26-14(3)11-20/h1,5-8,13-14H,9-12H2,2-3H3,(H,19,21). The predicted octanol–water partition coefficient (Wildman–Crippen LogP) is 0.391. The number of nitrogens with one attached hydrogen (secondary N) is 1. The number of rotatable bonds is 6. The molecule has 0 spiro atoms. The van der Waals surface area contributed by atoms with E-state index in [-0.39, 0.29) is 42.3 Å². The van der Waals surface area contributed by atoms with Crippen molar-refractivity contribution in [3.05, 3.63) is 29.8 Å². The molecular formula is C18H22N2O6S. The Kier molecular flexibility index (Phi) is 6.96. The fourth-order valence-corrected chi connectivity index (χ4v) is 4.24. The summed E-state index contributed by atoms with van der Waals surface area (Å²) in [4.78, 5) is 23.4. The van der Waals surface area contributed by atoms with Crippen LogP contribution < -0.4 is 5.32 Å². The molecule has 2 atom stereocenters. The number of carbonyl (C=O) groups is 2. The molecule has 1 fully saturated rings. The van der Waals surface area contributed by atoms with Gasteiger partial charge in [0.2, 0.25) is 10.0 Å². The van der Waals surface area contributed by atoms with E-state index < -0.39 is 28.5 Å². The number of sulfonamides is 1. The lowest BCUT2D eigenvalue weighted by Gasteiger charge is -2.34. The van der Waals surface area contributed by atoms with Crippen molar-refractivity contribution in [2.24, 2.45) is 0 Å². The van der Waals surface area contributed by atoms with Gasteiger partial charge in [-0.25, -0.2) is 13.2 Å². The zero-order valence-electron chi connectivity index (χ0n) is 15.2. The van der Waals surface area contributed by atoms with E-state index in [1.54, 1.807) is 0 Å². The van der Waals surface area contributed by atoms with Gasteiger partial charge in [-0.15, -0.1) is 6.42 Å². The van der Waals surface area contributed by atoms with Gasteiger partial charge in [0.1, 0.15) is 0 Å². The van der Waals surface area contributed by atoms with Crippen LogP contribution in [0.4, 0.5) is 0 Å². The minimum absolute atomic E-state index is 0.0434. The summed E-state index contributed by atoms with van der Waals surface area (Å²) in [6, 6.07) is 5.38. The first-order valence-corrected chi connectivity index (χ1v) is 9.81. The highest BCUT2D eigenvalue weighted by Crippen LogP contribution is 2.21. The number of hydrogen-bond donors (Lipinski definition) is 1. The molecule has 146 valence electrons. The van der Waals surface area contributed by atoms with E-state index >= 15 is 0 Å². The molecule has 9 heteroatoms. The van der Waals surface area contributed by atoms with Gasteiger partial charge in [-0.05, 0) is 38.1 Å². The topological polar surface area (TPSA) is 102 Å². The molecule has 0 saturated carbocycles. The summed E-state index contributed by atoms with van der Waals surface area (Å²) in [6.07, 6.45) is 4.62. The molecule has 0 aromatic heterocycles. The average Bonchev–Trinajstić information content (AvgIpc) is 2.63. The van der Waals surface area contributed by atoms with E-state index in [0.717, 1.165) is 0 Å². The zero-order valence-corrected chi connectivity index (χ0v) is 16.0. The number of hydrogen-bond acceptors (Lipinski definition) is 6. The Hall–Kier alpha value is -2.41. The molecule has 2 unspecified atom stereocenters. The van der Waals surface area contributed by atoms with Crippen LogP contribution in [0.1, 0.15) is 24.2 Å². The highest BCUT2D eigenvalue weighted by atomic mass is 32.2. The minimum atomic E-state index is -3.69. The maximum absolute atomic E-state index is 12.8. The third-order valence-corrected chi connectivity index (χ3v) is 5.68. The molecule has 0 radical (unpaired) electrons. The molecule has 1 aliphatic rings. The van der Waals surface area contributed by atoms with Crippen molar-refractivity contribution in [2.75, 3.05) is 26.2 Å². The number of carbonyl (C=O) groups excluding carboxylic acids is 2. The van der Waals surface area contributed by atoms with E-state index in [4.69, 9.17) is 15.9 Å². The summed E-state index contributed by atoms with van der Waals surface area (Å²) in [7, 11) is -3.69. The van der Waals surface area contributed by atoms with Crippen LogP contribution in [0.2, 0.25) is 0 Å². The van der Waals surface area contributed by atoms with Crippen molar-refractivity contribution in [1.82, 2.24) is 9.62 Å². The lowest BCUT2D eigenvalue weighted by molar-refractivity contribution is -0.123. The van der Waals surface area contributed by atoms with Gasteiger partial charge in [-0.1, -0.05) is 5.92 Å². The first-order chi connectivity index (χ1) is 12.7. The maximum atomic E-state index is 12.8. The van der Waals surface area contributed by atoms with Gasteiger partial charge < -0.3 is 14.8 Å². The second-order valence-electron chi connectivity index (χ2n) is 6.16. The largest absolute Gasteiger partial charge is 0.452 e. The van der Waals surface area contributed by atoms with Crippen LogP contribution in [0.15, 0.2) is 29.2 Å². The Morgan fingerprint density at radius 1 is 1.26 bits per heavy atom. The van der Waals surface area contributed by atoms with Crippen LogP contribution in [0.5, 0.6) is 0 Å². The molecule has 2 rings (SSSR count). The molecule has 1 aliphatic heterocycles. The number of morpholine rings is 1. The third-order valence-electron chi connectivity index (χ3n) is 3.84. The van der Waals surface area contributed by atoms with E-state index in [0.29, 0.717) is 0 Å². The van der Waals surface area contributed by atoms with Gasteiger partial charge in [0.15, 0.2) is 6.61 Å². The maximum Gasteiger partial charge on any atom is 0.338 e. The number of terminal acetylenes is 1. The number of esters is 1. The van der Waals surface area contributed by atoms with Crippen molar-refractivity contribution in [1.29, 1.82) is 0 Å². The van der Waals surface area contributed by atoms with E-state index in [9.17, 15) is 18.0 Å². The average molecular weight is 394 g/mol. The summed E-state index contributed by atoms with van der Waals surface area (Å²) in [6.45, 7) is 3.74. The van der Waals surface area contributed by atoms with Gasteiger partial charge in [-0.2, -0.15) is 4.31 Å². The summed E-state index contributed by atoms with van der Waals surface area (Å²) >= 11 is 0. The van der Waals surface area contributed by atoms with Crippen molar-refractivity contribution < 1.29 is 27.5 Å². The van der Waals surface area contributed by atoms with E-state index in [1.807, 2.05) is 13.8 Å². The molecule has 1 heterocycles. The van der Waals surface area contributed by atoms with Crippen LogP contribution in [0, 0.1) is 12.3 Å². The van der Waals surface area contributed by atoms with Crippen LogP contribution in [-0.2, 0) is 24.3 Å². The van der Waals surface area contributed by atoms with Crippen LogP contribution >= 0.6 is 0 Å². The number of benzene rings is 1. The van der Waals surface area contributed by atoms with Crippen LogP contribution in [0.3, 0.4) is 0 Å². The molecule has 1 N–H and O–H groups in total. The molecule has 0 bridgehead atoms. The van der Waals surface area contributed by atoms with Crippen molar-refractivity contribution in [3.63, 3.8) is 0 Å². The van der Waals surface area contributed by atoms with Crippen molar-refractivity contribution in [2.45, 2.75) is 31.0 Å². The molecule has 1 aromatic carbocycles. The Bertz CT molecular complexity index is 818. The second-order valence-corrected chi connectivity index (χ2v) is 8.10. The van der Waals surface area contributed by atoms with Crippen LogP contribution in [0.25, 0.3) is 0 Å². The first-order valence-electron chi connectivity index (χ1n) is 8.37. The molecule has 8 nitrogen and oxygen atoms in total. The van der Waals surface area contributed by atoms with E-state index in [2.05, 4.69) is 11.2 Å². The summed E-state index contributed by atoms with van der Waals surface area (Å²) in [5.41, 5.74) is 0.141. The van der Waals surface area contributed by atoms with Crippen molar-refractivity contribution >= 4 is 21.9 Å². The number of ether oxygens (including phenoxy) is 2. The van der Waals surface area contributed by atoms with Gasteiger partial charge in [0, 0.05) is 13.1 Å². The molecule has 1 aromatic rings. The Labute approximate surface area is 158 Å². The fourth-order valence-electron chi connectivity index (χ4n) is 2.65. The fraction of sp³-hybridized carbons (Fsp3) is 0.444. The predicted molar refractivity (Wildman–Crippen MR) is 97.3 cm³/mol. The van der Waals surface area contributed by atoms with Crippen molar-refractivity contribution in [3.8, 4) is 12.3 Å². The zero-order chi connectivity index (χ0) is 20.0. The van der Waals surface area contributed by atoms with Crippen LogP contribution in [-0.4, -0.2) is 63.0 Å². The molecular weight excluding hydrogens is 372 g/mol. The van der Waals surface area contributed by atoms with Gasteiger partial charge in [0.25, 0.3) is 5.91 Å². The summed E-state index contributed by atoms with van der Waals surface area (Å²) < 4.78 is 37.3. The first kappa shape index (κ1) is 20.9. The Morgan fingerprint density at radius 2 is 1.85 bits per heavy atom. The van der Waals surface area contributed by atoms with Gasteiger partial charge in [-0.3, -0.25) is 4.79 Å². The third kappa shape index (κ3) is 5.53. The molecule has 1 saturated heterocycles. The molecule has 27 heavy (non-hydrogen) atoms. The highest BCUT2D eigenvalue weighted by Gasteiger charge is 2.32. The normalized spacial score (nSPS) is 20.5. The molecule has 1 amide bonds. The quantitative estimate of drug-likeness (QED) is 0.553. The lowest BCUT2D eigenvalue weighted by Crippen LogP contribution is -2.48. The van der Waals surface area contributed by atoms with E-state index in [1.165, 1.54) is 28.6 Å². The molecule has 0 aliphatic carbocycles. The number of nitrogens with zero attached hydrogens (tertiary/aromatic N) is 1. The summed E-state index contributed by atoms with van der Waals surface area (Å²) in [5.74, 6) is 0.979.